The monoisotopic (exact) mass is 604 g/mol. The van der Waals surface area contributed by atoms with Crippen LogP contribution in [0.15, 0.2) is 18.2 Å². The predicted octanol–water partition coefficient (Wildman–Crippen LogP) is -0.389. The standard InChI is InChI=1S/C24H32N2O14S/c1-12(27)36-18-19(37-13(2)28)21(38-14(3)29)23(40-20(18)22(30)34-4)39-17-7-6-15(10-16(17)25)11-35-24(31)26-8-9-41(5,32)33/h6-7,10,18-21,23H,8-9,11,25H2,1-5H3,(H,26,31)/t18-,19?,20?,21?,23+/m0/s1. The molecular weight excluding hydrogens is 572 g/mol. The van der Waals surface area contributed by atoms with Crippen LogP contribution in [-0.2, 0) is 64.0 Å². The van der Waals surface area contributed by atoms with E-state index < -0.39 is 70.5 Å². The second kappa shape index (κ2) is 14.5. The summed E-state index contributed by atoms with van der Waals surface area (Å²) < 4.78 is 59.3. The number of hydrogen-bond acceptors (Lipinski definition) is 15. The van der Waals surface area contributed by atoms with Gasteiger partial charge in [-0.05, 0) is 17.7 Å². The number of alkyl carbamates (subject to hydrolysis) is 1. The lowest BCUT2D eigenvalue weighted by Gasteiger charge is -2.43. The Morgan fingerprint density at radius 1 is 0.951 bits per heavy atom. The fraction of sp³-hybridized carbons (Fsp3) is 0.542. The van der Waals surface area contributed by atoms with Gasteiger partial charge in [-0.1, -0.05) is 6.07 Å². The number of carbonyl (C=O) groups excluding carboxylic acids is 5. The van der Waals surface area contributed by atoms with Crippen molar-refractivity contribution in [2.45, 2.75) is 58.1 Å². The van der Waals surface area contributed by atoms with Crippen LogP contribution in [0.3, 0.4) is 0 Å². The number of nitrogens with one attached hydrogen (secondary N) is 1. The van der Waals surface area contributed by atoms with E-state index in [1.807, 2.05) is 0 Å². The molecule has 17 heteroatoms. The average Bonchev–Trinajstić information content (AvgIpc) is 2.85. The molecule has 5 atom stereocenters. The second-order valence-corrected chi connectivity index (χ2v) is 11.1. The summed E-state index contributed by atoms with van der Waals surface area (Å²) in [5.41, 5.74) is 6.53. The molecule has 1 aliphatic heterocycles. The Morgan fingerprint density at radius 3 is 2.07 bits per heavy atom. The molecule has 1 aromatic carbocycles. The maximum Gasteiger partial charge on any atom is 0.407 e. The molecule has 0 radical (unpaired) electrons. The van der Waals surface area contributed by atoms with E-state index in [4.69, 9.17) is 38.9 Å². The first-order chi connectivity index (χ1) is 19.1. The fourth-order valence-corrected chi connectivity index (χ4v) is 4.11. The zero-order chi connectivity index (χ0) is 30.9. The van der Waals surface area contributed by atoms with Gasteiger partial charge in [-0.15, -0.1) is 0 Å². The summed E-state index contributed by atoms with van der Waals surface area (Å²) >= 11 is 0. The summed E-state index contributed by atoms with van der Waals surface area (Å²) in [5.74, 6) is -3.81. The van der Waals surface area contributed by atoms with E-state index in [0.717, 1.165) is 34.1 Å². The molecular formula is C24H32N2O14S. The third-order valence-electron chi connectivity index (χ3n) is 5.26. The van der Waals surface area contributed by atoms with Gasteiger partial charge in [-0.3, -0.25) is 14.4 Å². The third kappa shape index (κ3) is 10.4. The van der Waals surface area contributed by atoms with Gasteiger partial charge in [0, 0.05) is 33.6 Å². The predicted molar refractivity (Wildman–Crippen MR) is 137 cm³/mol. The molecule has 3 N–H and O–H groups in total. The molecule has 0 aromatic heterocycles. The van der Waals surface area contributed by atoms with Crippen molar-refractivity contribution in [2.75, 3.05) is 31.4 Å². The van der Waals surface area contributed by atoms with Crippen molar-refractivity contribution >= 4 is 45.5 Å². The van der Waals surface area contributed by atoms with Crippen LogP contribution in [-0.4, -0.2) is 94.8 Å². The number of amides is 1. The minimum atomic E-state index is -3.26. The Bertz CT molecular complexity index is 1250. The van der Waals surface area contributed by atoms with Crippen LogP contribution in [0.4, 0.5) is 10.5 Å². The highest BCUT2D eigenvalue weighted by atomic mass is 32.2. The molecule has 2 rings (SSSR count). The van der Waals surface area contributed by atoms with E-state index in [-0.39, 0.29) is 30.3 Å². The number of anilines is 1. The Labute approximate surface area is 235 Å². The topological polar surface area (TPSA) is 222 Å². The van der Waals surface area contributed by atoms with Gasteiger partial charge < -0.3 is 44.2 Å². The van der Waals surface area contributed by atoms with Gasteiger partial charge in [0.2, 0.25) is 12.4 Å². The number of nitrogen functional groups attached to an aromatic ring is 1. The van der Waals surface area contributed by atoms with Crippen molar-refractivity contribution < 1.29 is 65.5 Å². The smallest absolute Gasteiger partial charge is 0.407 e. The molecule has 0 saturated carbocycles. The van der Waals surface area contributed by atoms with E-state index in [0.29, 0.717) is 5.56 Å². The number of nitrogens with two attached hydrogens (primary N) is 1. The van der Waals surface area contributed by atoms with Crippen LogP contribution in [0.5, 0.6) is 5.75 Å². The van der Waals surface area contributed by atoms with Gasteiger partial charge in [0.15, 0.2) is 18.3 Å². The van der Waals surface area contributed by atoms with Crippen molar-refractivity contribution in [3.63, 3.8) is 0 Å². The first-order valence-corrected chi connectivity index (χ1v) is 14.1. The highest BCUT2D eigenvalue weighted by Gasteiger charge is 2.55. The molecule has 0 bridgehead atoms. The molecule has 1 aromatic rings. The lowest BCUT2D eigenvalue weighted by molar-refractivity contribution is -0.282. The second-order valence-electron chi connectivity index (χ2n) is 8.79. The number of benzene rings is 1. The molecule has 1 heterocycles. The van der Waals surface area contributed by atoms with Crippen LogP contribution in [0.1, 0.15) is 26.3 Å². The third-order valence-corrected chi connectivity index (χ3v) is 6.21. The molecule has 3 unspecified atom stereocenters. The van der Waals surface area contributed by atoms with Crippen molar-refractivity contribution in [3.8, 4) is 5.75 Å². The minimum absolute atomic E-state index is 0.00882. The molecule has 1 fully saturated rings. The number of rotatable bonds is 11. The zero-order valence-corrected chi connectivity index (χ0v) is 23.8. The largest absolute Gasteiger partial charge is 0.467 e. The average molecular weight is 605 g/mol. The minimum Gasteiger partial charge on any atom is -0.467 e. The van der Waals surface area contributed by atoms with Crippen molar-refractivity contribution in [1.29, 1.82) is 0 Å². The van der Waals surface area contributed by atoms with E-state index in [2.05, 4.69) is 5.32 Å². The maximum atomic E-state index is 12.5. The van der Waals surface area contributed by atoms with Crippen LogP contribution in [0.25, 0.3) is 0 Å². The van der Waals surface area contributed by atoms with E-state index in [9.17, 15) is 32.4 Å². The number of hydrogen-bond donors (Lipinski definition) is 2. The normalized spacial score (nSPS) is 22.0. The van der Waals surface area contributed by atoms with Crippen molar-refractivity contribution in [2.24, 2.45) is 0 Å². The summed E-state index contributed by atoms with van der Waals surface area (Å²) in [6.07, 6.45) is -7.71. The van der Waals surface area contributed by atoms with Gasteiger partial charge in [-0.25, -0.2) is 18.0 Å². The Kier molecular flexibility index (Phi) is 11.7. The zero-order valence-electron chi connectivity index (χ0n) is 22.9. The number of ether oxygens (including phenoxy) is 7. The molecule has 228 valence electrons. The van der Waals surface area contributed by atoms with Gasteiger partial charge >= 0.3 is 30.0 Å². The van der Waals surface area contributed by atoms with Gasteiger partial charge in [0.05, 0.1) is 18.6 Å². The highest BCUT2D eigenvalue weighted by molar-refractivity contribution is 7.90. The van der Waals surface area contributed by atoms with E-state index >= 15 is 0 Å². The van der Waals surface area contributed by atoms with Gasteiger partial charge in [0.25, 0.3) is 0 Å². The molecule has 16 nitrogen and oxygen atoms in total. The van der Waals surface area contributed by atoms with Crippen molar-refractivity contribution in [1.82, 2.24) is 5.32 Å². The molecule has 0 spiro atoms. The summed E-state index contributed by atoms with van der Waals surface area (Å²) in [7, 11) is -2.21. The Morgan fingerprint density at radius 2 is 1.54 bits per heavy atom. The van der Waals surface area contributed by atoms with Crippen LogP contribution >= 0.6 is 0 Å². The number of sulfone groups is 1. The molecule has 1 saturated heterocycles. The summed E-state index contributed by atoms with van der Waals surface area (Å²) in [6.45, 7) is 2.81. The van der Waals surface area contributed by atoms with Crippen LogP contribution in [0, 0.1) is 0 Å². The number of esters is 4. The first-order valence-electron chi connectivity index (χ1n) is 12.0. The number of methoxy groups -OCH3 is 1. The summed E-state index contributed by atoms with van der Waals surface area (Å²) in [4.78, 5) is 59.9. The fourth-order valence-electron chi connectivity index (χ4n) is 3.63. The quantitative estimate of drug-likeness (QED) is 0.186. The lowest BCUT2D eigenvalue weighted by Crippen LogP contribution is -2.64. The molecule has 41 heavy (non-hydrogen) atoms. The first kappa shape index (κ1) is 33.1. The van der Waals surface area contributed by atoms with Gasteiger partial charge in [0.1, 0.15) is 22.2 Å². The van der Waals surface area contributed by atoms with Crippen molar-refractivity contribution in [3.05, 3.63) is 23.8 Å². The summed E-state index contributed by atoms with van der Waals surface area (Å²) in [5, 5.41) is 2.30. The number of carbonyl (C=O) groups is 5. The lowest BCUT2D eigenvalue weighted by atomic mass is 9.97. The summed E-state index contributed by atoms with van der Waals surface area (Å²) in [6, 6.07) is 4.24. The van der Waals surface area contributed by atoms with E-state index in [1.54, 1.807) is 0 Å². The highest BCUT2D eigenvalue weighted by Crippen LogP contribution is 2.33. The molecule has 0 aliphatic carbocycles. The SMILES string of the molecule is COC(=O)C1O[C@@H](Oc2ccc(COC(=O)NCCS(C)(=O)=O)cc2N)C(OC(C)=O)C(OC(C)=O)[C@@H]1OC(C)=O. The molecule has 1 amide bonds. The van der Waals surface area contributed by atoms with Gasteiger partial charge in [-0.2, -0.15) is 0 Å². The van der Waals surface area contributed by atoms with E-state index in [1.165, 1.54) is 18.2 Å². The Hall–Kier alpha value is -4.12. The Balaban J connectivity index is 2.27. The maximum absolute atomic E-state index is 12.5. The van der Waals surface area contributed by atoms with Crippen LogP contribution < -0.4 is 15.8 Å². The van der Waals surface area contributed by atoms with Crippen LogP contribution in [0.2, 0.25) is 0 Å². The molecule has 1 aliphatic rings.